The van der Waals surface area contributed by atoms with Crippen molar-refractivity contribution in [2.24, 2.45) is 0 Å². The number of benzene rings is 1. The minimum atomic E-state index is 0.177. The molecule has 0 atom stereocenters. The topological polar surface area (TPSA) is 46.9 Å². The first-order valence-electron chi connectivity index (χ1n) is 9.87. The number of aryl methyl sites for hydroxylation is 1. The molecule has 0 saturated carbocycles. The van der Waals surface area contributed by atoms with Crippen molar-refractivity contribution in [3.8, 4) is 0 Å². The predicted molar refractivity (Wildman–Crippen MR) is 112 cm³/mol. The molecule has 1 aliphatic rings. The lowest BCUT2D eigenvalue weighted by Gasteiger charge is -2.25. The van der Waals surface area contributed by atoms with Crippen LogP contribution in [-0.4, -0.2) is 50.3 Å². The summed E-state index contributed by atoms with van der Waals surface area (Å²) in [5.41, 5.74) is 2.00. The Bertz CT molecular complexity index is 774. The van der Waals surface area contributed by atoms with Gasteiger partial charge in [0.2, 0.25) is 5.91 Å². The number of morpholine rings is 1. The van der Waals surface area contributed by atoms with Crippen LogP contribution in [0.25, 0.3) is 10.2 Å². The number of quaternary nitrogens is 1. The van der Waals surface area contributed by atoms with Gasteiger partial charge >= 0.3 is 0 Å². The van der Waals surface area contributed by atoms with Crippen LogP contribution in [-0.2, 0) is 9.53 Å². The number of rotatable bonds is 8. The molecule has 0 aliphatic carbocycles. The van der Waals surface area contributed by atoms with Crippen LogP contribution >= 0.6 is 22.9 Å². The molecule has 2 heterocycles. The second-order valence-corrected chi connectivity index (χ2v) is 8.63. The standard InChI is InChI=1S/C20H28ClN3O2S/c1-3-4-6-18(25)24(8-5-7-23-9-11-26-12-10-23)20-22-19-15(2)13-16(21)14-17(19)27-20/h13-14H,3-12H2,1-2H3/p+1. The van der Waals surface area contributed by atoms with Crippen molar-refractivity contribution >= 4 is 44.2 Å². The fourth-order valence-corrected chi connectivity index (χ4v) is 4.91. The normalized spacial score (nSPS) is 15.4. The maximum atomic E-state index is 12.9. The zero-order valence-corrected chi connectivity index (χ0v) is 17.8. The summed E-state index contributed by atoms with van der Waals surface area (Å²) in [7, 11) is 0. The molecule has 148 valence electrons. The molecule has 1 amide bonds. The number of anilines is 1. The van der Waals surface area contributed by atoms with Crippen LogP contribution in [0.5, 0.6) is 0 Å². The van der Waals surface area contributed by atoms with Gasteiger partial charge in [0.15, 0.2) is 5.13 Å². The molecular formula is C20H29ClN3O2S+. The summed E-state index contributed by atoms with van der Waals surface area (Å²) in [5, 5.41) is 1.52. The van der Waals surface area contributed by atoms with Crippen LogP contribution in [0.15, 0.2) is 12.1 Å². The Morgan fingerprint density at radius 2 is 2.11 bits per heavy atom. The molecule has 1 aromatic heterocycles. The van der Waals surface area contributed by atoms with Crippen LogP contribution in [0, 0.1) is 6.92 Å². The number of carbonyl (C=O) groups excluding carboxylic acids is 1. The zero-order valence-electron chi connectivity index (χ0n) is 16.2. The molecule has 1 aliphatic heterocycles. The molecule has 0 radical (unpaired) electrons. The lowest BCUT2D eigenvalue weighted by molar-refractivity contribution is -0.908. The molecule has 0 bridgehead atoms. The molecule has 0 unspecified atom stereocenters. The number of nitrogens with zero attached hydrogens (tertiary/aromatic N) is 2. The van der Waals surface area contributed by atoms with E-state index in [0.717, 1.165) is 84.6 Å². The van der Waals surface area contributed by atoms with Gasteiger partial charge in [0.1, 0.15) is 13.1 Å². The zero-order chi connectivity index (χ0) is 19.2. The molecular weight excluding hydrogens is 382 g/mol. The number of hydrogen-bond acceptors (Lipinski definition) is 4. The van der Waals surface area contributed by atoms with Gasteiger partial charge in [-0.15, -0.1) is 0 Å². The van der Waals surface area contributed by atoms with Crippen molar-refractivity contribution in [2.75, 3.05) is 44.3 Å². The van der Waals surface area contributed by atoms with E-state index in [-0.39, 0.29) is 5.91 Å². The number of ether oxygens (including phenoxy) is 1. The number of thiazole rings is 1. The van der Waals surface area contributed by atoms with Gasteiger partial charge in [-0.2, -0.15) is 0 Å². The van der Waals surface area contributed by atoms with E-state index in [1.165, 1.54) is 0 Å². The fraction of sp³-hybridized carbons (Fsp3) is 0.600. The molecule has 5 nitrogen and oxygen atoms in total. The molecule has 7 heteroatoms. The Balaban J connectivity index is 1.74. The monoisotopic (exact) mass is 410 g/mol. The summed E-state index contributed by atoms with van der Waals surface area (Å²) >= 11 is 7.76. The highest BCUT2D eigenvalue weighted by Gasteiger charge is 2.21. The van der Waals surface area contributed by atoms with Crippen molar-refractivity contribution in [1.82, 2.24) is 4.98 Å². The van der Waals surface area contributed by atoms with Crippen molar-refractivity contribution < 1.29 is 14.4 Å². The minimum Gasteiger partial charge on any atom is -0.370 e. The molecule has 1 fully saturated rings. The van der Waals surface area contributed by atoms with Gasteiger partial charge in [0.05, 0.1) is 30.0 Å². The van der Waals surface area contributed by atoms with E-state index >= 15 is 0 Å². The largest absolute Gasteiger partial charge is 0.370 e. The van der Waals surface area contributed by atoms with Crippen LogP contribution in [0.1, 0.15) is 38.2 Å². The van der Waals surface area contributed by atoms with Gasteiger partial charge in [0.25, 0.3) is 0 Å². The Morgan fingerprint density at radius 1 is 1.33 bits per heavy atom. The van der Waals surface area contributed by atoms with Crippen LogP contribution in [0.2, 0.25) is 5.02 Å². The third-order valence-electron chi connectivity index (χ3n) is 5.03. The third kappa shape index (κ3) is 5.41. The number of halogens is 1. The SMILES string of the molecule is CCCCC(=O)N(CCC[NH+]1CCOCC1)c1nc2c(C)cc(Cl)cc2s1. The van der Waals surface area contributed by atoms with E-state index in [1.54, 1.807) is 16.2 Å². The molecule has 3 rings (SSSR count). The minimum absolute atomic E-state index is 0.177. The average Bonchev–Trinajstić information content (AvgIpc) is 3.08. The average molecular weight is 411 g/mol. The van der Waals surface area contributed by atoms with Gasteiger partial charge in [-0.1, -0.05) is 36.3 Å². The van der Waals surface area contributed by atoms with Crippen molar-refractivity contribution in [3.05, 3.63) is 22.7 Å². The Morgan fingerprint density at radius 3 is 2.85 bits per heavy atom. The first-order chi connectivity index (χ1) is 13.1. The summed E-state index contributed by atoms with van der Waals surface area (Å²) < 4.78 is 6.47. The summed E-state index contributed by atoms with van der Waals surface area (Å²) in [4.78, 5) is 21.1. The van der Waals surface area contributed by atoms with Crippen molar-refractivity contribution in [2.45, 2.75) is 39.5 Å². The number of unbranched alkanes of at least 4 members (excludes halogenated alkanes) is 1. The highest BCUT2D eigenvalue weighted by Crippen LogP contribution is 2.33. The number of carbonyl (C=O) groups is 1. The van der Waals surface area contributed by atoms with Crippen LogP contribution in [0.4, 0.5) is 5.13 Å². The summed E-state index contributed by atoms with van der Waals surface area (Å²) in [5.74, 6) is 0.177. The van der Waals surface area contributed by atoms with E-state index in [0.29, 0.717) is 6.42 Å². The smallest absolute Gasteiger partial charge is 0.228 e. The van der Waals surface area contributed by atoms with E-state index in [9.17, 15) is 4.79 Å². The quantitative estimate of drug-likeness (QED) is 0.727. The molecule has 0 spiro atoms. The first-order valence-corrected chi connectivity index (χ1v) is 11.1. The molecule has 1 aromatic carbocycles. The summed E-state index contributed by atoms with van der Waals surface area (Å²) in [6.07, 6.45) is 3.49. The lowest BCUT2D eigenvalue weighted by atomic mass is 10.2. The second kappa shape index (κ2) is 9.82. The Labute approximate surface area is 170 Å². The number of fused-ring (bicyclic) bond motifs is 1. The Hall–Kier alpha value is -1.21. The van der Waals surface area contributed by atoms with E-state index < -0.39 is 0 Å². The summed E-state index contributed by atoms with van der Waals surface area (Å²) in [6.45, 7) is 9.71. The maximum Gasteiger partial charge on any atom is 0.228 e. The molecule has 2 aromatic rings. The van der Waals surface area contributed by atoms with Gasteiger partial charge in [-0.05, 0) is 31.0 Å². The van der Waals surface area contributed by atoms with Gasteiger partial charge in [0, 0.05) is 24.4 Å². The third-order valence-corrected chi connectivity index (χ3v) is 6.27. The lowest BCUT2D eigenvalue weighted by Crippen LogP contribution is -3.14. The number of amides is 1. The maximum absolute atomic E-state index is 12.9. The van der Waals surface area contributed by atoms with E-state index in [1.807, 2.05) is 24.0 Å². The van der Waals surface area contributed by atoms with Crippen LogP contribution in [0.3, 0.4) is 0 Å². The molecule has 27 heavy (non-hydrogen) atoms. The first kappa shape index (κ1) is 20.5. The van der Waals surface area contributed by atoms with Gasteiger partial charge in [-0.3, -0.25) is 9.69 Å². The highest BCUT2D eigenvalue weighted by molar-refractivity contribution is 7.22. The highest BCUT2D eigenvalue weighted by atomic mass is 35.5. The van der Waals surface area contributed by atoms with Crippen molar-refractivity contribution in [3.63, 3.8) is 0 Å². The number of hydrogen-bond donors (Lipinski definition) is 1. The van der Waals surface area contributed by atoms with Gasteiger partial charge in [-0.25, -0.2) is 4.98 Å². The predicted octanol–water partition coefficient (Wildman–Crippen LogP) is 3.09. The molecule has 1 N–H and O–H groups in total. The van der Waals surface area contributed by atoms with E-state index in [4.69, 9.17) is 21.3 Å². The van der Waals surface area contributed by atoms with E-state index in [2.05, 4.69) is 6.92 Å². The fourth-order valence-electron chi connectivity index (χ4n) is 3.45. The van der Waals surface area contributed by atoms with Crippen molar-refractivity contribution in [1.29, 1.82) is 0 Å². The Kier molecular flexibility index (Phi) is 7.47. The summed E-state index contributed by atoms with van der Waals surface area (Å²) in [6, 6.07) is 3.87. The van der Waals surface area contributed by atoms with Gasteiger partial charge < -0.3 is 9.64 Å². The molecule has 1 saturated heterocycles. The second-order valence-electron chi connectivity index (χ2n) is 7.18. The number of aromatic nitrogens is 1. The number of nitrogens with one attached hydrogen (secondary N) is 1. The van der Waals surface area contributed by atoms with Crippen LogP contribution < -0.4 is 9.80 Å².